The standard InChI is InChI=1S/C18H27N3O2/c1-15(2)10-21-13-18(9-17(21)22)12-20(7-8-23-14-18)11-16-3-5-19-6-4-16/h3-6,15H,7-14H2,1-2H3. The Labute approximate surface area is 138 Å². The first-order valence-electron chi connectivity index (χ1n) is 8.53. The molecule has 1 aromatic heterocycles. The summed E-state index contributed by atoms with van der Waals surface area (Å²) >= 11 is 0. The number of aromatic nitrogens is 1. The summed E-state index contributed by atoms with van der Waals surface area (Å²) in [5.41, 5.74) is 1.22. The number of ether oxygens (including phenoxy) is 1. The maximum absolute atomic E-state index is 12.4. The van der Waals surface area contributed by atoms with Crippen LogP contribution in [0.5, 0.6) is 0 Å². The summed E-state index contributed by atoms with van der Waals surface area (Å²) in [4.78, 5) is 20.9. The summed E-state index contributed by atoms with van der Waals surface area (Å²) in [6.45, 7) is 10.2. The zero-order valence-corrected chi connectivity index (χ0v) is 14.2. The first kappa shape index (κ1) is 16.4. The second-order valence-electron chi connectivity index (χ2n) is 7.46. The van der Waals surface area contributed by atoms with Crippen LogP contribution in [0, 0.1) is 11.3 Å². The van der Waals surface area contributed by atoms with Crippen LogP contribution in [0.4, 0.5) is 0 Å². The molecular formula is C18H27N3O2. The minimum absolute atomic E-state index is 0.0461. The lowest BCUT2D eigenvalue weighted by molar-refractivity contribution is -0.128. The highest BCUT2D eigenvalue weighted by Gasteiger charge is 2.45. The molecule has 0 radical (unpaired) electrons. The zero-order chi connectivity index (χ0) is 16.3. The number of carbonyl (C=O) groups is 1. The summed E-state index contributed by atoms with van der Waals surface area (Å²) in [5.74, 6) is 0.793. The van der Waals surface area contributed by atoms with Crippen LogP contribution in [0.2, 0.25) is 0 Å². The molecule has 3 rings (SSSR count). The van der Waals surface area contributed by atoms with Crippen molar-refractivity contribution in [3.8, 4) is 0 Å². The number of hydrogen-bond acceptors (Lipinski definition) is 4. The predicted octanol–water partition coefficient (Wildman–Crippen LogP) is 1.79. The van der Waals surface area contributed by atoms with E-state index in [-0.39, 0.29) is 11.3 Å². The van der Waals surface area contributed by atoms with Gasteiger partial charge in [-0.25, -0.2) is 0 Å². The van der Waals surface area contributed by atoms with Gasteiger partial charge in [0.25, 0.3) is 0 Å². The lowest BCUT2D eigenvalue weighted by Gasteiger charge is -2.31. The molecule has 1 spiro atoms. The van der Waals surface area contributed by atoms with E-state index in [0.29, 0.717) is 18.9 Å². The molecule has 126 valence electrons. The Morgan fingerprint density at radius 2 is 2.09 bits per heavy atom. The van der Waals surface area contributed by atoms with Crippen LogP contribution in [0.25, 0.3) is 0 Å². The summed E-state index contributed by atoms with van der Waals surface area (Å²) < 4.78 is 5.87. The van der Waals surface area contributed by atoms with Gasteiger partial charge in [0, 0.05) is 57.0 Å². The minimum Gasteiger partial charge on any atom is -0.379 e. The third-order valence-electron chi connectivity index (χ3n) is 4.67. The van der Waals surface area contributed by atoms with Gasteiger partial charge in [-0.3, -0.25) is 14.7 Å². The summed E-state index contributed by atoms with van der Waals surface area (Å²) in [6.07, 6.45) is 4.29. The number of amides is 1. The van der Waals surface area contributed by atoms with Gasteiger partial charge < -0.3 is 9.64 Å². The molecule has 1 atom stereocenters. The molecule has 0 N–H and O–H groups in total. The number of carbonyl (C=O) groups excluding carboxylic acids is 1. The summed E-state index contributed by atoms with van der Waals surface area (Å²) in [5, 5.41) is 0. The van der Waals surface area contributed by atoms with E-state index in [4.69, 9.17) is 4.74 Å². The molecule has 1 unspecified atom stereocenters. The number of pyridine rings is 1. The maximum atomic E-state index is 12.4. The van der Waals surface area contributed by atoms with Crippen molar-refractivity contribution in [2.75, 3.05) is 39.4 Å². The molecule has 1 amide bonds. The molecule has 0 bridgehead atoms. The highest BCUT2D eigenvalue weighted by Crippen LogP contribution is 2.35. The minimum atomic E-state index is -0.0461. The normalized spacial score (nSPS) is 26.2. The lowest BCUT2D eigenvalue weighted by atomic mass is 9.87. The highest BCUT2D eigenvalue weighted by atomic mass is 16.5. The molecule has 0 aromatic carbocycles. The molecule has 0 saturated carbocycles. The molecule has 2 saturated heterocycles. The van der Waals surface area contributed by atoms with Gasteiger partial charge in [-0.2, -0.15) is 0 Å². The third kappa shape index (κ3) is 4.09. The van der Waals surface area contributed by atoms with Crippen molar-refractivity contribution in [3.63, 3.8) is 0 Å². The van der Waals surface area contributed by atoms with Crippen LogP contribution >= 0.6 is 0 Å². The Hall–Kier alpha value is -1.46. The molecule has 23 heavy (non-hydrogen) atoms. The van der Waals surface area contributed by atoms with Gasteiger partial charge in [-0.15, -0.1) is 0 Å². The second-order valence-corrected chi connectivity index (χ2v) is 7.46. The van der Waals surface area contributed by atoms with Crippen molar-refractivity contribution in [1.29, 1.82) is 0 Å². The van der Waals surface area contributed by atoms with Crippen molar-refractivity contribution in [1.82, 2.24) is 14.8 Å². The van der Waals surface area contributed by atoms with Crippen molar-refractivity contribution in [2.24, 2.45) is 11.3 Å². The van der Waals surface area contributed by atoms with Crippen molar-refractivity contribution in [3.05, 3.63) is 30.1 Å². The van der Waals surface area contributed by atoms with Crippen LogP contribution in [0.15, 0.2) is 24.5 Å². The molecule has 1 aromatic rings. The van der Waals surface area contributed by atoms with Gasteiger partial charge in [0.15, 0.2) is 0 Å². The second kappa shape index (κ2) is 6.97. The Kier molecular flexibility index (Phi) is 4.97. The first-order valence-corrected chi connectivity index (χ1v) is 8.53. The van der Waals surface area contributed by atoms with Gasteiger partial charge in [0.1, 0.15) is 0 Å². The number of likely N-dealkylation sites (tertiary alicyclic amines) is 1. The molecule has 5 nitrogen and oxygen atoms in total. The van der Waals surface area contributed by atoms with Gasteiger partial charge >= 0.3 is 0 Å². The third-order valence-corrected chi connectivity index (χ3v) is 4.67. The van der Waals surface area contributed by atoms with Crippen LogP contribution in [0.3, 0.4) is 0 Å². The van der Waals surface area contributed by atoms with E-state index >= 15 is 0 Å². The largest absolute Gasteiger partial charge is 0.379 e. The average molecular weight is 317 g/mol. The van der Waals surface area contributed by atoms with E-state index in [0.717, 1.165) is 39.3 Å². The number of hydrogen-bond donors (Lipinski definition) is 0. The van der Waals surface area contributed by atoms with E-state index < -0.39 is 0 Å². The van der Waals surface area contributed by atoms with Gasteiger partial charge in [-0.05, 0) is 23.6 Å². The van der Waals surface area contributed by atoms with Crippen molar-refractivity contribution in [2.45, 2.75) is 26.8 Å². The first-order chi connectivity index (χ1) is 11.1. The average Bonchev–Trinajstić information content (AvgIpc) is 2.67. The van der Waals surface area contributed by atoms with Gasteiger partial charge in [-0.1, -0.05) is 13.8 Å². The predicted molar refractivity (Wildman–Crippen MR) is 88.8 cm³/mol. The summed E-state index contributed by atoms with van der Waals surface area (Å²) in [7, 11) is 0. The fourth-order valence-electron chi connectivity index (χ4n) is 3.75. The number of rotatable bonds is 4. The van der Waals surface area contributed by atoms with E-state index in [1.807, 2.05) is 17.3 Å². The van der Waals surface area contributed by atoms with Crippen molar-refractivity contribution < 1.29 is 9.53 Å². The van der Waals surface area contributed by atoms with E-state index in [9.17, 15) is 4.79 Å². The van der Waals surface area contributed by atoms with Crippen LogP contribution in [0.1, 0.15) is 25.8 Å². The van der Waals surface area contributed by atoms with E-state index in [1.54, 1.807) is 0 Å². The molecule has 2 aliphatic rings. The molecule has 2 fully saturated rings. The lowest BCUT2D eigenvalue weighted by Crippen LogP contribution is -2.41. The topological polar surface area (TPSA) is 45.7 Å². The summed E-state index contributed by atoms with van der Waals surface area (Å²) in [6, 6.07) is 4.12. The molecular weight excluding hydrogens is 290 g/mol. The molecule has 5 heteroatoms. The maximum Gasteiger partial charge on any atom is 0.223 e. The van der Waals surface area contributed by atoms with E-state index in [2.05, 4.69) is 35.9 Å². The van der Waals surface area contributed by atoms with Crippen LogP contribution < -0.4 is 0 Å². The van der Waals surface area contributed by atoms with Gasteiger partial charge in [0.2, 0.25) is 5.91 Å². The monoisotopic (exact) mass is 317 g/mol. The Morgan fingerprint density at radius 1 is 1.30 bits per heavy atom. The van der Waals surface area contributed by atoms with Crippen LogP contribution in [-0.4, -0.2) is 60.1 Å². The Bertz CT molecular complexity index is 534. The van der Waals surface area contributed by atoms with Crippen LogP contribution in [-0.2, 0) is 16.1 Å². The fraction of sp³-hybridized carbons (Fsp3) is 0.667. The smallest absolute Gasteiger partial charge is 0.223 e. The Morgan fingerprint density at radius 3 is 2.83 bits per heavy atom. The zero-order valence-electron chi connectivity index (χ0n) is 14.2. The van der Waals surface area contributed by atoms with Gasteiger partial charge in [0.05, 0.1) is 13.2 Å². The highest BCUT2D eigenvalue weighted by molar-refractivity contribution is 5.79. The fourth-order valence-corrected chi connectivity index (χ4v) is 3.75. The van der Waals surface area contributed by atoms with Crippen molar-refractivity contribution >= 4 is 5.91 Å². The molecule has 0 aliphatic carbocycles. The quantitative estimate of drug-likeness (QED) is 0.849. The number of nitrogens with zero attached hydrogens (tertiary/aromatic N) is 3. The molecule has 2 aliphatic heterocycles. The molecule has 3 heterocycles. The van der Waals surface area contributed by atoms with E-state index in [1.165, 1.54) is 5.56 Å². The Balaban J connectivity index is 1.68. The SMILES string of the molecule is CC(C)CN1CC2(COCCN(Cc3ccncc3)C2)CC1=O.